The first kappa shape index (κ1) is 17.9. The third-order valence-corrected chi connectivity index (χ3v) is 5.05. The van der Waals surface area contributed by atoms with Crippen LogP contribution in [-0.4, -0.2) is 28.6 Å². The smallest absolute Gasteiger partial charge is 0.223 e. The van der Waals surface area contributed by atoms with E-state index in [1.807, 2.05) is 42.5 Å². The van der Waals surface area contributed by atoms with Crippen LogP contribution in [0.5, 0.6) is 5.75 Å². The second kappa shape index (κ2) is 8.01. The number of hydrogen-bond acceptors (Lipinski definition) is 3. The molecule has 140 valence electrons. The van der Waals surface area contributed by atoms with Gasteiger partial charge in [-0.3, -0.25) is 4.79 Å². The van der Waals surface area contributed by atoms with Crippen LogP contribution in [0.1, 0.15) is 18.7 Å². The summed E-state index contributed by atoms with van der Waals surface area (Å²) in [6, 6.07) is 15.5. The summed E-state index contributed by atoms with van der Waals surface area (Å²) >= 11 is 6.16. The molecule has 0 radical (unpaired) electrons. The van der Waals surface area contributed by atoms with Gasteiger partial charge in [-0.25, -0.2) is 4.98 Å². The largest absolute Gasteiger partial charge is 0.490 e. The lowest BCUT2D eigenvalue weighted by molar-refractivity contribution is -0.122. The summed E-state index contributed by atoms with van der Waals surface area (Å²) in [5.74, 6) is 2.03. The van der Waals surface area contributed by atoms with Crippen molar-refractivity contribution >= 4 is 28.5 Å². The van der Waals surface area contributed by atoms with Gasteiger partial charge < -0.3 is 14.6 Å². The molecule has 1 aromatic heterocycles. The van der Waals surface area contributed by atoms with Crippen molar-refractivity contribution < 1.29 is 9.53 Å². The number of aromatic nitrogens is 2. The van der Waals surface area contributed by atoms with E-state index >= 15 is 0 Å². The number of nitrogens with zero attached hydrogens (tertiary/aromatic N) is 2. The van der Waals surface area contributed by atoms with E-state index in [-0.39, 0.29) is 11.8 Å². The van der Waals surface area contributed by atoms with Gasteiger partial charge in [0.25, 0.3) is 0 Å². The van der Waals surface area contributed by atoms with Gasteiger partial charge in [0.15, 0.2) is 0 Å². The van der Waals surface area contributed by atoms with Crippen LogP contribution in [0.2, 0.25) is 5.02 Å². The molecule has 1 saturated carbocycles. The lowest BCUT2D eigenvalue weighted by Gasteiger charge is -2.12. The number of imidazole rings is 1. The molecule has 5 nitrogen and oxygen atoms in total. The van der Waals surface area contributed by atoms with Crippen molar-refractivity contribution in [2.45, 2.75) is 25.8 Å². The molecule has 4 rings (SSSR count). The molecule has 0 bridgehead atoms. The Morgan fingerprint density at radius 1 is 1.19 bits per heavy atom. The summed E-state index contributed by atoms with van der Waals surface area (Å²) in [6.07, 6.45) is 2.73. The van der Waals surface area contributed by atoms with Gasteiger partial charge in [-0.15, -0.1) is 0 Å². The minimum Gasteiger partial charge on any atom is -0.490 e. The van der Waals surface area contributed by atoms with Crippen LogP contribution in [0.25, 0.3) is 11.0 Å². The minimum absolute atomic E-state index is 0.166. The van der Waals surface area contributed by atoms with Crippen molar-refractivity contribution in [1.82, 2.24) is 14.9 Å². The Balaban J connectivity index is 1.44. The fourth-order valence-corrected chi connectivity index (χ4v) is 3.35. The molecule has 0 saturated heterocycles. The summed E-state index contributed by atoms with van der Waals surface area (Å²) in [4.78, 5) is 16.6. The maximum Gasteiger partial charge on any atom is 0.223 e. The van der Waals surface area contributed by atoms with Crippen LogP contribution in [0.4, 0.5) is 0 Å². The fraction of sp³-hybridized carbons (Fsp3) is 0.333. The molecule has 1 fully saturated rings. The second-order valence-electron chi connectivity index (χ2n) is 6.76. The van der Waals surface area contributed by atoms with E-state index in [1.165, 1.54) is 0 Å². The van der Waals surface area contributed by atoms with Crippen molar-refractivity contribution in [3.63, 3.8) is 0 Å². The Labute approximate surface area is 163 Å². The molecule has 1 N–H and O–H groups in total. The van der Waals surface area contributed by atoms with Gasteiger partial charge in [-0.2, -0.15) is 0 Å². The quantitative estimate of drug-likeness (QED) is 0.643. The molecule has 1 aliphatic carbocycles. The number of halogens is 1. The van der Waals surface area contributed by atoms with Gasteiger partial charge in [0.2, 0.25) is 5.91 Å². The standard InChI is InChI=1S/C21H22ClN3O2/c22-16-5-1-4-8-19(16)27-14-13-25-18-7-3-2-6-17(18)24-20(25)11-12-23-21(26)15-9-10-15/h1-8,15H,9-14H2,(H,23,26). The van der Waals surface area contributed by atoms with Gasteiger partial charge in [0, 0.05) is 18.9 Å². The average molecular weight is 384 g/mol. The molecule has 2 aromatic carbocycles. The van der Waals surface area contributed by atoms with Crippen molar-refractivity contribution in [1.29, 1.82) is 0 Å². The molecule has 1 aliphatic rings. The predicted molar refractivity (Wildman–Crippen MR) is 106 cm³/mol. The summed E-state index contributed by atoms with van der Waals surface area (Å²) in [5.41, 5.74) is 2.03. The van der Waals surface area contributed by atoms with Crippen LogP contribution >= 0.6 is 11.6 Å². The Bertz CT molecular complexity index is 950. The molecule has 0 spiro atoms. The highest BCUT2D eigenvalue weighted by Crippen LogP contribution is 2.28. The van der Waals surface area contributed by atoms with Crippen molar-refractivity contribution in [3.8, 4) is 5.75 Å². The van der Waals surface area contributed by atoms with E-state index in [2.05, 4.69) is 16.0 Å². The highest BCUT2D eigenvalue weighted by atomic mass is 35.5. The SMILES string of the molecule is O=C(NCCc1nc2ccccc2n1CCOc1ccccc1Cl)C1CC1. The van der Waals surface area contributed by atoms with Gasteiger partial charge in [0.05, 0.1) is 22.6 Å². The first-order chi connectivity index (χ1) is 13.2. The first-order valence-corrected chi connectivity index (χ1v) is 9.69. The zero-order chi connectivity index (χ0) is 18.6. The number of nitrogens with one attached hydrogen (secondary N) is 1. The van der Waals surface area contributed by atoms with E-state index in [0.717, 1.165) is 29.7 Å². The van der Waals surface area contributed by atoms with Crippen LogP contribution in [0, 0.1) is 5.92 Å². The van der Waals surface area contributed by atoms with Crippen LogP contribution in [-0.2, 0) is 17.8 Å². The third-order valence-electron chi connectivity index (χ3n) is 4.74. The average Bonchev–Trinajstić information content (AvgIpc) is 3.47. The topological polar surface area (TPSA) is 56.2 Å². The van der Waals surface area contributed by atoms with Crippen LogP contribution < -0.4 is 10.1 Å². The Hall–Kier alpha value is -2.53. The monoisotopic (exact) mass is 383 g/mol. The van der Waals surface area contributed by atoms with E-state index in [4.69, 9.17) is 21.3 Å². The molecular weight excluding hydrogens is 362 g/mol. The Kier molecular flexibility index (Phi) is 5.30. The maximum atomic E-state index is 11.8. The third kappa shape index (κ3) is 4.25. The lowest BCUT2D eigenvalue weighted by Crippen LogP contribution is -2.27. The predicted octanol–water partition coefficient (Wildman–Crippen LogP) is 3.84. The van der Waals surface area contributed by atoms with Gasteiger partial charge in [-0.1, -0.05) is 35.9 Å². The molecule has 3 aromatic rings. The Morgan fingerprint density at radius 2 is 1.96 bits per heavy atom. The highest BCUT2D eigenvalue weighted by molar-refractivity contribution is 6.32. The maximum absolute atomic E-state index is 11.8. The normalized spacial score (nSPS) is 13.7. The summed E-state index contributed by atoms with van der Waals surface area (Å²) in [7, 11) is 0. The number of para-hydroxylation sites is 3. The summed E-state index contributed by atoms with van der Waals surface area (Å²) in [5, 5.41) is 3.62. The first-order valence-electron chi connectivity index (χ1n) is 9.31. The molecular formula is C21H22ClN3O2. The van der Waals surface area contributed by atoms with E-state index in [0.29, 0.717) is 36.9 Å². The van der Waals surface area contributed by atoms with E-state index < -0.39 is 0 Å². The molecule has 0 unspecified atom stereocenters. The van der Waals surface area contributed by atoms with Gasteiger partial charge in [0.1, 0.15) is 18.2 Å². The number of ether oxygens (including phenoxy) is 1. The van der Waals surface area contributed by atoms with Crippen molar-refractivity contribution in [3.05, 3.63) is 59.4 Å². The van der Waals surface area contributed by atoms with Crippen molar-refractivity contribution in [2.24, 2.45) is 5.92 Å². The molecule has 27 heavy (non-hydrogen) atoms. The molecule has 1 heterocycles. The minimum atomic E-state index is 0.166. The number of hydrogen-bond donors (Lipinski definition) is 1. The number of carbonyl (C=O) groups excluding carboxylic acids is 1. The lowest BCUT2D eigenvalue weighted by atomic mass is 10.3. The highest BCUT2D eigenvalue weighted by Gasteiger charge is 2.29. The van der Waals surface area contributed by atoms with Gasteiger partial charge in [-0.05, 0) is 37.1 Å². The summed E-state index contributed by atoms with van der Waals surface area (Å²) < 4.78 is 8.01. The number of carbonyl (C=O) groups is 1. The van der Waals surface area contributed by atoms with E-state index in [1.54, 1.807) is 0 Å². The summed E-state index contributed by atoms with van der Waals surface area (Å²) in [6.45, 7) is 1.76. The number of amides is 1. The Morgan fingerprint density at radius 3 is 2.78 bits per heavy atom. The molecule has 1 amide bonds. The molecule has 0 aliphatic heterocycles. The number of benzene rings is 2. The van der Waals surface area contributed by atoms with Gasteiger partial charge >= 0.3 is 0 Å². The number of fused-ring (bicyclic) bond motifs is 1. The van der Waals surface area contributed by atoms with Crippen LogP contribution in [0.15, 0.2) is 48.5 Å². The van der Waals surface area contributed by atoms with Crippen LogP contribution in [0.3, 0.4) is 0 Å². The number of rotatable bonds is 8. The second-order valence-corrected chi connectivity index (χ2v) is 7.17. The molecule has 0 atom stereocenters. The zero-order valence-corrected chi connectivity index (χ0v) is 15.8. The van der Waals surface area contributed by atoms with Crippen molar-refractivity contribution in [2.75, 3.05) is 13.2 Å². The molecule has 6 heteroatoms. The zero-order valence-electron chi connectivity index (χ0n) is 15.0. The fourth-order valence-electron chi connectivity index (χ4n) is 3.16. The van der Waals surface area contributed by atoms with E-state index in [9.17, 15) is 4.79 Å².